The lowest BCUT2D eigenvalue weighted by Crippen LogP contribution is -2.36. The molecule has 0 aromatic rings. The van der Waals surface area contributed by atoms with E-state index in [0.29, 0.717) is 12.5 Å². The van der Waals surface area contributed by atoms with Crippen molar-refractivity contribution in [3.05, 3.63) is 0 Å². The first kappa shape index (κ1) is 7.03. The van der Waals surface area contributed by atoms with E-state index in [2.05, 4.69) is 12.2 Å². The molecule has 1 fully saturated rings. The van der Waals surface area contributed by atoms with Crippen molar-refractivity contribution < 1.29 is 5.11 Å². The maximum Gasteiger partial charge on any atom is 0.0471 e. The van der Waals surface area contributed by atoms with Crippen LogP contribution in [0.5, 0.6) is 0 Å². The molecule has 1 aliphatic rings. The first-order chi connectivity index (χ1) is 4.33. The molecule has 2 nitrogen and oxygen atoms in total. The summed E-state index contributed by atoms with van der Waals surface area (Å²) in [6, 6.07) is 0. The number of hydrogen-bond donors (Lipinski definition) is 2. The Bertz CT molecular complexity index is 85.0. The molecule has 9 heavy (non-hydrogen) atoms. The number of nitrogens with one attached hydrogen (secondary N) is 1. The van der Waals surface area contributed by atoms with E-state index in [9.17, 15) is 0 Å². The number of aliphatic hydroxyl groups is 1. The topological polar surface area (TPSA) is 32.3 Å². The van der Waals surface area contributed by atoms with Crippen LogP contribution in [0.1, 0.15) is 13.3 Å². The van der Waals surface area contributed by atoms with Crippen molar-refractivity contribution in [2.75, 3.05) is 19.7 Å². The number of hydrogen-bond acceptors (Lipinski definition) is 2. The van der Waals surface area contributed by atoms with Gasteiger partial charge in [0, 0.05) is 13.2 Å². The lowest BCUT2D eigenvalue weighted by atomic mass is 9.93. The van der Waals surface area contributed by atoms with Gasteiger partial charge >= 0.3 is 0 Å². The van der Waals surface area contributed by atoms with Gasteiger partial charge in [0.2, 0.25) is 0 Å². The zero-order valence-electron chi connectivity index (χ0n) is 5.93. The molecule has 1 heterocycles. The summed E-state index contributed by atoms with van der Waals surface area (Å²) < 4.78 is 0. The molecular weight excluding hydrogens is 114 g/mol. The minimum absolute atomic E-state index is 0.345. The maximum absolute atomic E-state index is 8.77. The molecule has 1 rings (SSSR count). The van der Waals surface area contributed by atoms with Gasteiger partial charge in [-0.25, -0.2) is 0 Å². The quantitative estimate of drug-likeness (QED) is 0.531. The van der Waals surface area contributed by atoms with Gasteiger partial charge in [-0.1, -0.05) is 6.92 Å². The number of piperidine rings is 1. The molecule has 0 radical (unpaired) electrons. The van der Waals surface area contributed by atoms with Gasteiger partial charge in [-0.15, -0.1) is 0 Å². The van der Waals surface area contributed by atoms with E-state index in [-0.39, 0.29) is 0 Å². The molecule has 1 aliphatic heterocycles. The largest absolute Gasteiger partial charge is 0.396 e. The SMILES string of the molecule is C[C@H]1CNC[C@@H](CO)C1. The molecule has 0 aromatic heterocycles. The Morgan fingerprint density at radius 3 is 2.78 bits per heavy atom. The Labute approximate surface area is 56.3 Å². The van der Waals surface area contributed by atoms with Crippen LogP contribution in [0.25, 0.3) is 0 Å². The van der Waals surface area contributed by atoms with Crippen LogP contribution in [0.4, 0.5) is 0 Å². The second-order valence-corrected chi connectivity index (χ2v) is 3.05. The minimum Gasteiger partial charge on any atom is -0.396 e. The van der Waals surface area contributed by atoms with Crippen LogP contribution >= 0.6 is 0 Å². The minimum atomic E-state index is 0.345. The molecule has 0 amide bonds. The van der Waals surface area contributed by atoms with E-state index in [1.54, 1.807) is 0 Å². The van der Waals surface area contributed by atoms with Crippen molar-refractivity contribution in [3.8, 4) is 0 Å². The summed E-state index contributed by atoms with van der Waals surface area (Å²) in [6.07, 6.45) is 1.18. The highest BCUT2D eigenvalue weighted by molar-refractivity contribution is 4.72. The molecule has 0 aliphatic carbocycles. The summed E-state index contributed by atoms with van der Waals surface area (Å²) in [4.78, 5) is 0. The van der Waals surface area contributed by atoms with Crippen LogP contribution in [0, 0.1) is 11.8 Å². The van der Waals surface area contributed by atoms with Crippen LogP contribution in [-0.2, 0) is 0 Å². The molecule has 1 saturated heterocycles. The zero-order chi connectivity index (χ0) is 6.69. The standard InChI is InChI=1S/C7H15NO/c1-6-2-7(5-9)4-8-3-6/h6-9H,2-5H2,1H3/t6-,7+/m1/s1. The molecule has 0 spiro atoms. The fourth-order valence-corrected chi connectivity index (χ4v) is 1.41. The molecule has 2 atom stereocenters. The Hall–Kier alpha value is -0.0800. The van der Waals surface area contributed by atoms with E-state index in [0.717, 1.165) is 19.0 Å². The average molecular weight is 129 g/mol. The third kappa shape index (κ3) is 1.95. The van der Waals surface area contributed by atoms with E-state index >= 15 is 0 Å². The Balaban J connectivity index is 2.23. The van der Waals surface area contributed by atoms with Gasteiger partial charge in [0.25, 0.3) is 0 Å². The summed E-state index contributed by atoms with van der Waals surface area (Å²) in [5.41, 5.74) is 0. The molecule has 0 bridgehead atoms. The monoisotopic (exact) mass is 129 g/mol. The van der Waals surface area contributed by atoms with Gasteiger partial charge in [-0.05, 0) is 24.8 Å². The van der Waals surface area contributed by atoms with Gasteiger partial charge in [0.15, 0.2) is 0 Å². The summed E-state index contributed by atoms with van der Waals surface area (Å²) in [7, 11) is 0. The fourth-order valence-electron chi connectivity index (χ4n) is 1.41. The highest BCUT2D eigenvalue weighted by Gasteiger charge is 2.16. The molecule has 0 unspecified atom stereocenters. The average Bonchev–Trinajstić information content (AvgIpc) is 1.88. The normalized spacial score (nSPS) is 36.7. The van der Waals surface area contributed by atoms with Crippen molar-refractivity contribution in [3.63, 3.8) is 0 Å². The molecule has 2 N–H and O–H groups in total. The van der Waals surface area contributed by atoms with Gasteiger partial charge < -0.3 is 10.4 Å². The third-order valence-corrected chi connectivity index (χ3v) is 1.92. The summed E-state index contributed by atoms with van der Waals surface area (Å²) in [5.74, 6) is 1.25. The van der Waals surface area contributed by atoms with Crippen LogP contribution < -0.4 is 5.32 Å². The zero-order valence-corrected chi connectivity index (χ0v) is 5.93. The smallest absolute Gasteiger partial charge is 0.0471 e. The van der Waals surface area contributed by atoms with Crippen molar-refractivity contribution in [2.24, 2.45) is 11.8 Å². The first-order valence-corrected chi connectivity index (χ1v) is 3.64. The van der Waals surface area contributed by atoms with Crippen molar-refractivity contribution in [1.82, 2.24) is 5.32 Å². The second-order valence-electron chi connectivity index (χ2n) is 3.05. The van der Waals surface area contributed by atoms with Crippen LogP contribution in [0.3, 0.4) is 0 Å². The van der Waals surface area contributed by atoms with Gasteiger partial charge in [0.1, 0.15) is 0 Å². The third-order valence-electron chi connectivity index (χ3n) is 1.92. The predicted octanol–water partition coefficient (Wildman–Crippen LogP) is 0.224. The number of rotatable bonds is 1. The summed E-state index contributed by atoms with van der Waals surface area (Å²) in [6.45, 7) is 4.68. The van der Waals surface area contributed by atoms with Crippen molar-refractivity contribution in [1.29, 1.82) is 0 Å². The molecule has 54 valence electrons. The van der Waals surface area contributed by atoms with Crippen LogP contribution in [0.15, 0.2) is 0 Å². The van der Waals surface area contributed by atoms with E-state index in [1.165, 1.54) is 6.42 Å². The highest BCUT2D eigenvalue weighted by Crippen LogP contribution is 2.14. The maximum atomic E-state index is 8.77. The lowest BCUT2D eigenvalue weighted by molar-refractivity contribution is 0.177. The van der Waals surface area contributed by atoms with E-state index in [1.807, 2.05) is 0 Å². The van der Waals surface area contributed by atoms with Crippen LogP contribution in [0.2, 0.25) is 0 Å². The molecule has 0 saturated carbocycles. The fraction of sp³-hybridized carbons (Fsp3) is 1.00. The number of aliphatic hydroxyl groups excluding tert-OH is 1. The van der Waals surface area contributed by atoms with Gasteiger partial charge in [-0.3, -0.25) is 0 Å². The lowest BCUT2D eigenvalue weighted by Gasteiger charge is -2.25. The predicted molar refractivity (Wildman–Crippen MR) is 37.2 cm³/mol. The Kier molecular flexibility index (Phi) is 2.49. The summed E-state index contributed by atoms with van der Waals surface area (Å²) >= 11 is 0. The van der Waals surface area contributed by atoms with Gasteiger partial charge in [0.05, 0.1) is 0 Å². The van der Waals surface area contributed by atoms with E-state index in [4.69, 9.17) is 5.11 Å². The van der Waals surface area contributed by atoms with Crippen LogP contribution in [-0.4, -0.2) is 24.8 Å². The van der Waals surface area contributed by atoms with Crippen molar-refractivity contribution in [2.45, 2.75) is 13.3 Å². The van der Waals surface area contributed by atoms with Crippen molar-refractivity contribution >= 4 is 0 Å². The second kappa shape index (κ2) is 3.18. The molecule has 2 heteroatoms. The summed E-state index contributed by atoms with van der Waals surface area (Å²) in [5, 5.41) is 12.0. The molecule has 0 aromatic carbocycles. The Morgan fingerprint density at radius 1 is 1.56 bits per heavy atom. The molecular formula is C7H15NO. The highest BCUT2D eigenvalue weighted by atomic mass is 16.3. The van der Waals surface area contributed by atoms with Gasteiger partial charge in [-0.2, -0.15) is 0 Å². The first-order valence-electron chi connectivity index (χ1n) is 3.64. The Morgan fingerprint density at radius 2 is 2.33 bits per heavy atom. The van der Waals surface area contributed by atoms with E-state index < -0.39 is 0 Å².